The molecule has 3 rings (SSSR count). The third kappa shape index (κ3) is 3.49. The molecule has 3 heteroatoms. The third-order valence-electron chi connectivity index (χ3n) is 3.87. The second-order valence-electron chi connectivity index (χ2n) is 7.06. The third-order valence-corrected chi connectivity index (χ3v) is 3.87. The molecule has 0 saturated carbocycles. The van der Waals surface area contributed by atoms with Crippen molar-refractivity contribution in [1.82, 2.24) is 9.55 Å². The number of fused-ring (bicyclic) bond motifs is 1. The van der Waals surface area contributed by atoms with Crippen molar-refractivity contribution in [3.05, 3.63) is 70.3 Å². The van der Waals surface area contributed by atoms with Gasteiger partial charge in [0.2, 0.25) is 0 Å². The SMILES string of the molecule is CCc1nc2cccc(C#CC(C)(C)C)c2c(=O)n1-c1ccccc1. The molecule has 0 aliphatic carbocycles. The highest BCUT2D eigenvalue weighted by Gasteiger charge is 2.14. The van der Waals surface area contributed by atoms with Crippen LogP contribution >= 0.6 is 0 Å². The fourth-order valence-electron chi connectivity index (χ4n) is 2.72. The summed E-state index contributed by atoms with van der Waals surface area (Å²) in [6, 6.07) is 15.3. The Balaban J connectivity index is 2.37. The van der Waals surface area contributed by atoms with Crippen molar-refractivity contribution in [3.8, 4) is 17.5 Å². The van der Waals surface area contributed by atoms with E-state index in [-0.39, 0.29) is 11.0 Å². The second kappa shape index (κ2) is 6.57. The molecule has 0 atom stereocenters. The van der Waals surface area contributed by atoms with Crippen LogP contribution in [0.1, 0.15) is 39.1 Å². The number of aryl methyl sites for hydroxylation is 1. The Labute approximate surface area is 148 Å². The number of aromatic nitrogens is 2. The van der Waals surface area contributed by atoms with E-state index < -0.39 is 0 Å². The molecular formula is C22H22N2O. The first-order valence-electron chi connectivity index (χ1n) is 8.54. The maximum atomic E-state index is 13.3. The Hall–Kier alpha value is -2.86. The number of hydrogen-bond acceptors (Lipinski definition) is 2. The minimum Gasteiger partial charge on any atom is -0.268 e. The Morgan fingerprint density at radius 1 is 1.04 bits per heavy atom. The summed E-state index contributed by atoms with van der Waals surface area (Å²) in [4.78, 5) is 18.0. The van der Waals surface area contributed by atoms with Gasteiger partial charge >= 0.3 is 0 Å². The maximum absolute atomic E-state index is 13.3. The fraction of sp³-hybridized carbons (Fsp3) is 0.273. The minimum atomic E-state index is -0.128. The smallest absolute Gasteiger partial charge is 0.267 e. The van der Waals surface area contributed by atoms with Crippen LogP contribution in [-0.4, -0.2) is 9.55 Å². The number of benzene rings is 2. The molecule has 0 amide bonds. The van der Waals surface area contributed by atoms with Gasteiger partial charge in [-0.05, 0) is 45.0 Å². The van der Waals surface area contributed by atoms with Gasteiger partial charge in [-0.15, -0.1) is 0 Å². The molecular weight excluding hydrogens is 308 g/mol. The summed E-state index contributed by atoms with van der Waals surface area (Å²) in [5, 5.41) is 0.584. The average molecular weight is 330 g/mol. The van der Waals surface area contributed by atoms with E-state index in [9.17, 15) is 4.79 Å². The zero-order valence-electron chi connectivity index (χ0n) is 15.1. The van der Waals surface area contributed by atoms with E-state index in [1.165, 1.54) is 0 Å². The monoisotopic (exact) mass is 330 g/mol. The van der Waals surface area contributed by atoms with E-state index in [1.807, 2.05) is 55.5 Å². The molecule has 3 nitrogen and oxygen atoms in total. The van der Waals surface area contributed by atoms with E-state index in [4.69, 9.17) is 4.98 Å². The summed E-state index contributed by atoms with van der Waals surface area (Å²) in [5.41, 5.74) is 2.08. The van der Waals surface area contributed by atoms with Crippen molar-refractivity contribution in [1.29, 1.82) is 0 Å². The Morgan fingerprint density at radius 3 is 2.40 bits per heavy atom. The van der Waals surface area contributed by atoms with Crippen molar-refractivity contribution in [3.63, 3.8) is 0 Å². The van der Waals surface area contributed by atoms with Crippen LogP contribution in [0.15, 0.2) is 53.3 Å². The highest BCUT2D eigenvalue weighted by atomic mass is 16.1. The molecule has 0 radical (unpaired) electrons. The average Bonchev–Trinajstić information content (AvgIpc) is 2.59. The van der Waals surface area contributed by atoms with Crippen LogP contribution in [-0.2, 0) is 6.42 Å². The molecule has 0 aliphatic heterocycles. The standard InChI is InChI=1S/C22H22N2O/c1-5-19-23-18-13-9-10-16(14-15-22(2,3)4)20(18)21(25)24(19)17-11-7-6-8-12-17/h6-13H,5H2,1-4H3. The van der Waals surface area contributed by atoms with Gasteiger partial charge in [0.1, 0.15) is 5.82 Å². The molecule has 0 N–H and O–H groups in total. The Morgan fingerprint density at radius 2 is 1.76 bits per heavy atom. The maximum Gasteiger partial charge on any atom is 0.267 e. The quantitative estimate of drug-likeness (QED) is 0.655. The zero-order valence-corrected chi connectivity index (χ0v) is 15.1. The number of para-hydroxylation sites is 1. The molecule has 0 fully saturated rings. The molecule has 0 bridgehead atoms. The number of nitrogens with zero attached hydrogens (tertiary/aromatic N) is 2. The molecule has 0 aliphatic rings. The molecule has 3 aromatic rings. The van der Waals surface area contributed by atoms with Crippen molar-refractivity contribution in [2.75, 3.05) is 0 Å². The van der Waals surface area contributed by atoms with Gasteiger partial charge in [-0.3, -0.25) is 9.36 Å². The van der Waals surface area contributed by atoms with Crippen LogP contribution in [0.2, 0.25) is 0 Å². The lowest BCUT2D eigenvalue weighted by atomic mass is 9.97. The molecule has 1 heterocycles. The van der Waals surface area contributed by atoms with E-state index in [1.54, 1.807) is 4.57 Å². The van der Waals surface area contributed by atoms with Crippen molar-refractivity contribution in [2.24, 2.45) is 5.41 Å². The summed E-state index contributed by atoms with van der Waals surface area (Å²) in [5.74, 6) is 7.15. The summed E-state index contributed by atoms with van der Waals surface area (Å²) < 4.78 is 1.70. The van der Waals surface area contributed by atoms with E-state index in [0.29, 0.717) is 17.3 Å². The lowest BCUT2D eigenvalue weighted by molar-refractivity contribution is 0.571. The predicted octanol–water partition coefficient (Wildman–Crippen LogP) is 4.35. The van der Waals surface area contributed by atoms with Crippen molar-refractivity contribution in [2.45, 2.75) is 34.1 Å². The van der Waals surface area contributed by atoms with Gasteiger partial charge in [-0.25, -0.2) is 4.98 Å². The van der Waals surface area contributed by atoms with Gasteiger partial charge < -0.3 is 0 Å². The van der Waals surface area contributed by atoms with E-state index in [2.05, 4.69) is 32.6 Å². The zero-order chi connectivity index (χ0) is 18.0. The highest BCUT2D eigenvalue weighted by molar-refractivity contribution is 5.84. The predicted molar refractivity (Wildman–Crippen MR) is 103 cm³/mol. The Bertz CT molecular complexity index is 1030. The first-order valence-corrected chi connectivity index (χ1v) is 8.54. The lowest BCUT2D eigenvalue weighted by Gasteiger charge is -2.13. The Kier molecular flexibility index (Phi) is 4.46. The van der Waals surface area contributed by atoms with Gasteiger partial charge in [-0.1, -0.05) is 43.0 Å². The molecule has 2 aromatic carbocycles. The van der Waals surface area contributed by atoms with Crippen LogP contribution < -0.4 is 5.56 Å². The molecule has 1 aromatic heterocycles. The second-order valence-corrected chi connectivity index (χ2v) is 7.06. The van der Waals surface area contributed by atoms with Crippen LogP contribution in [0.3, 0.4) is 0 Å². The van der Waals surface area contributed by atoms with Gasteiger partial charge in [-0.2, -0.15) is 0 Å². The minimum absolute atomic E-state index is 0.0631. The van der Waals surface area contributed by atoms with Crippen molar-refractivity contribution >= 4 is 10.9 Å². The van der Waals surface area contributed by atoms with Crippen LogP contribution in [0, 0.1) is 17.3 Å². The van der Waals surface area contributed by atoms with Crippen LogP contribution in [0.4, 0.5) is 0 Å². The van der Waals surface area contributed by atoms with Crippen molar-refractivity contribution < 1.29 is 0 Å². The normalized spacial score (nSPS) is 11.2. The van der Waals surface area contributed by atoms with Gasteiger partial charge in [0, 0.05) is 17.4 Å². The van der Waals surface area contributed by atoms with E-state index in [0.717, 1.165) is 17.1 Å². The molecule has 0 spiro atoms. The first-order chi connectivity index (χ1) is 11.9. The van der Waals surface area contributed by atoms with Gasteiger partial charge in [0.15, 0.2) is 0 Å². The van der Waals surface area contributed by atoms with Gasteiger partial charge in [0.05, 0.1) is 16.6 Å². The number of rotatable bonds is 2. The first kappa shape index (κ1) is 17.0. The molecule has 25 heavy (non-hydrogen) atoms. The molecule has 0 saturated heterocycles. The fourth-order valence-corrected chi connectivity index (χ4v) is 2.72. The topological polar surface area (TPSA) is 34.9 Å². The molecule has 0 unspecified atom stereocenters. The van der Waals surface area contributed by atoms with E-state index >= 15 is 0 Å². The largest absolute Gasteiger partial charge is 0.268 e. The van der Waals surface area contributed by atoms with Gasteiger partial charge in [0.25, 0.3) is 5.56 Å². The summed E-state index contributed by atoms with van der Waals surface area (Å²) >= 11 is 0. The molecule has 126 valence electrons. The van der Waals surface area contributed by atoms with Crippen LogP contribution in [0.25, 0.3) is 16.6 Å². The lowest BCUT2D eigenvalue weighted by Crippen LogP contribution is -2.24. The van der Waals surface area contributed by atoms with Crippen LogP contribution in [0.5, 0.6) is 0 Å². The number of hydrogen-bond donors (Lipinski definition) is 0. The summed E-state index contributed by atoms with van der Waals surface area (Å²) in [7, 11) is 0. The summed E-state index contributed by atoms with van der Waals surface area (Å²) in [6.45, 7) is 8.18. The summed E-state index contributed by atoms with van der Waals surface area (Å²) in [6.07, 6.45) is 0.679. The highest BCUT2D eigenvalue weighted by Crippen LogP contribution is 2.18.